The summed E-state index contributed by atoms with van der Waals surface area (Å²) in [5.74, 6) is 2.12. The van der Waals surface area contributed by atoms with Gasteiger partial charge in [0.05, 0.1) is 12.2 Å². The SMILES string of the molecule is O=C(CNC(=O)C12CC3CC(CC(C3)C1)C2)Nc1nc(CN2CCCCCC2)cs1. The minimum absolute atomic E-state index is 0.0433. The number of likely N-dealkylation sites (tertiary alicyclic amines) is 1. The zero-order valence-corrected chi connectivity index (χ0v) is 18.6. The van der Waals surface area contributed by atoms with Crippen molar-refractivity contribution in [2.45, 2.75) is 70.8 Å². The van der Waals surface area contributed by atoms with Crippen molar-refractivity contribution >= 4 is 28.3 Å². The lowest BCUT2D eigenvalue weighted by atomic mass is 9.49. The van der Waals surface area contributed by atoms with Gasteiger partial charge in [-0.2, -0.15) is 0 Å². The highest BCUT2D eigenvalue weighted by Crippen LogP contribution is 2.60. The van der Waals surface area contributed by atoms with Gasteiger partial charge in [-0.3, -0.25) is 14.5 Å². The molecule has 1 aromatic heterocycles. The zero-order valence-electron chi connectivity index (χ0n) is 17.8. The first-order valence-corrected chi connectivity index (χ1v) is 12.7. The van der Waals surface area contributed by atoms with E-state index >= 15 is 0 Å². The van der Waals surface area contributed by atoms with Crippen LogP contribution in [0.3, 0.4) is 0 Å². The average molecular weight is 431 g/mol. The van der Waals surface area contributed by atoms with E-state index < -0.39 is 0 Å². The molecule has 6 nitrogen and oxygen atoms in total. The smallest absolute Gasteiger partial charge is 0.245 e. The van der Waals surface area contributed by atoms with Crippen LogP contribution in [0.1, 0.15) is 69.9 Å². The number of carbonyl (C=O) groups is 2. The number of rotatable bonds is 6. The van der Waals surface area contributed by atoms with Gasteiger partial charge in [0.25, 0.3) is 0 Å². The molecule has 1 saturated heterocycles. The Morgan fingerprint density at radius 2 is 1.67 bits per heavy atom. The Labute approximate surface area is 183 Å². The van der Waals surface area contributed by atoms with E-state index in [-0.39, 0.29) is 23.8 Å². The van der Waals surface area contributed by atoms with Gasteiger partial charge in [-0.25, -0.2) is 4.98 Å². The summed E-state index contributed by atoms with van der Waals surface area (Å²) in [6.45, 7) is 3.17. The topological polar surface area (TPSA) is 74.3 Å². The lowest BCUT2D eigenvalue weighted by molar-refractivity contribution is -0.146. The molecule has 0 unspecified atom stereocenters. The van der Waals surface area contributed by atoms with E-state index in [1.165, 1.54) is 56.3 Å². The van der Waals surface area contributed by atoms with Gasteiger partial charge >= 0.3 is 0 Å². The normalized spacial score (nSPS) is 33.3. The lowest BCUT2D eigenvalue weighted by Crippen LogP contribution is -2.54. The van der Waals surface area contributed by atoms with Crippen LogP contribution >= 0.6 is 11.3 Å². The molecule has 5 fully saturated rings. The number of aromatic nitrogens is 1. The number of amides is 2. The van der Waals surface area contributed by atoms with Gasteiger partial charge < -0.3 is 10.6 Å². The summed E-state index contributed by atoms with van der Waals surface area (Å²) in [7, 11) is 0. The number of nitrogens with zero attached hydrogens (tertiary/aromatic N) is 2. The molecule has 4 bridgehead atoms. The van der Waals surface area contributed by atoms with E-state index in [0.29, 0.717) is 5.13 Å². The minimum Gasteiger partial charge on any atom is -0.347 e. The third-order valence-electron chi connectivity index (χ3n) is 7.81. The van der Waals surface area contributed by atoms with E-state index in [1.807, 2.05) is 5.38 Å². The van der Waals surface area contributed by atoms with Crippen LogP contribution in [-0.4, -0.2) is 41.3 Å². The van der Waals surface area contributed by atoms with Crippen molar-refractivity contribution in [3.63, 3.8) is 0 Å². The van der Waals surface area contributed by atoms with Crippen LogP contribution < -0.4 is 10.6 Å². The summed E-state index contributed by atoms with van der Waals surface area (Å²) < 4.78 is 0. The largest absolute Gasteiger partial charge is 0.347 e. The highest BCUT2D eigenvalue weighted by molar-refractivity contribution is 7.13. The molecule has 0 radical (unpaired) electrons. The van der Waals surface area contributed by atoms with Crippen LogP contribution in [-0.2, 0) is 16.1 Å². The predicted octanol–water partition coefficient (Wildman–Crippen LogP) is 3.79. The summed E-state index contributed by atoms with van der Waals surface area (Å²) in [6, 6.07) is 0. The second-order valence-corrected chi connectivity index (χ2v) is 11.1. The number of hydrogen-bond acceptors (Lipinski definition) is 5. The monoisotopic (exact) mass is 430 g/mol. The molecule has 7 heteroatoms. The van der Waals surface area contributed by atoms with E-state index in [1.54, 1.807) is 0 Å². The maximum absolute atomic E-state index is 13.0. The Kier molecular flexibility index (Phi) is 5.84. The van der Waals surface area contributed by atoms with Crippen molar-refractivity contribution in [2.75, 3.05) is 25.0 Å². The fourth-order valence-electron chi connectivity index (χ4n) is 6.86. The number of hydrogen-bond donors (Lipinski definition) is 2. The molecule has 2 amide bonds. The maximum atomic E-state index is 13.0. The number of anilines is 1. The quantitative estimate of drug-likeness (QED) is 0.720. The Morgan fingerprint density at radius 1 is 1.03 bits per heavy atom. The summed E-state index contributed by atoms with van der Waals surface area (Å²) in [5.41, 5.74) is 0.825. The Morgan fingerprint density at radius 3 is 2.30 bits per heavy atom. The molecule has 1 aromatic rings. The molecule has 4 aliphatic carbocycles. The second-order valence-electron chi connectivity index (χ2n) is 10.3. The van der Waals surface area contributed by atoms with Crippen molar-refractivity contribution < 1.29 is 9.59 Å². The fourth-order valence-corrected chi connectivity index (χ4v) is 7.58. The van der Waals surface area contributed by atoms with Crippen molar-refractivity contribution in [3.05, 3.63) is 11.1 Å². The summed E-state index contributed by atoms with van der Waals surface area (Å²) >= 11 is 1.47. The number of nitrogens with one attached hydrogen (secondary N) is 2. The standard InChI is InChI=1S/C23H34N4O2S/c28-20(26-22-25-19(15-30-22)14-27-5-3-1-2-4-6-27)13-24-21(29)23-10-16-7-17(11-23)9-18(8-16)12-23/h15-18H,1-14H2,(H,24,29)(H,25,26,28). The summed E-state index contributed by atoms with van der Waals surface area (Å²) in [5, 5.41) is 8.50. The number of carbonyl (C=O) groups excluding carboxylic acids is 2. The van der Waals surface area contributed by atoms with E-state index in [0.717, 1.165) is 62.3 Å². The molecular formula is C23H34N4O2S. The average Bonchev–Trinajstić information content (AvgIpc) is 2.97. The van der Waals surface area contributed by atoms with E-state index in [2.05, 4.69) is 20.5 Å². The van der Waals surface area contributed by atoms with Gasteiger partial charge in [0.1, 0.15) is 0 Å². The zero-order chi connectivity index (χ0) is 20.6. The van der Waals surface area contributed by atoms with Crippen LogP contribution in [0, 0.1) is 23.2 Å². The van der Waals surface area contributed by atoms with Crippen molar-refractivity contribution in [1.82, 2.24) is 15.2 Å². The highest BCUT2D eigenvalue weighted by Gasteiger charge is 2.54. The lowest BCUT2D eigenvalue weighted by Gasteiger charge is -2.55. The van der Waals surface area contributed by atoms with Crippen molar-refractivity contribution in [3.8, 4) is 0 Å². The summed E-state index contributed by atoms with van der Waals surface area (Å²) in [4.78, 5) is 32.5. The summed E-state index contributed by atoms with van der Waals surface area (Å²) in [6.07, 6.45) is 12.2. The van der Waals surface area contributed by atoms with Gasteiger partial charge in [-0.05, 0) is 82.2 Å². The molecule has 5 aliphatic rings. The number of thiazole rings is 1. The van der Waals surface area contributed by atoms with Crippen LogP contribution in [0.25, 0.3) is 0 Å². The van der Waals surface area contributed by atoms with Crippen LogP contribution in [0.4, 0.5) is 5.13 Å². The van der Waals surface area contributed by atoms with Gasteiger partial charge in [0.2, 0.25) is 11.8 Å². The van der Waals surface area contributed by atoms with Gasteiger partial charge in [-0.15, -0.1) is 11.3 Å². The Bertz CT molecular complexity index is 749. The third kappa shape index (κ3) is 4.42. The molecule has 2 N–H and O–H groups in total. The fraction of sp³-hybridized carbons (Fsp3) is 0.783. The molecule has 30 heavy (non-hydrogen) atoms. The van der Waals surface area contributed by atoms with Gasteiger partial charge in [-0.1, -0.05) is 12.8 Å². The van der Waals surface area contributed by atoms with Crippen LogP contribution in [0.15, 0.2) is 5.38 Å². The molecule has 4 saturated carbocycles. The van der Waals surface area contributed by atoms with Gasteiger partial charge in [0.15, 0.2) is 5.13 Å². The predicted molar refractivity (Wildman–Crippen MR) is 118 cm³/mol. The Balaban J connectivity index is 1.10. The highest BCUT2D eigenvalue weighted by atomic mass is 32.1. The van der Waals surface area contributed by atoms with E-state index in [4.69, 9.17) is 0 Å². The Hall–Kier alpha value is -1.47. The molecule has 2 heterocycles. The van der Waals surface area contributed by atoms with E-state index in [9.17, 15) is 9.59 Å². The molecular weight excluding hydrogens is 396 g/mol. The first-order valence-electron chi connectivity index (χ1n) is 11.8. The first kappa shape index (κ1) is 20.4. The molecule has 0 atom stereocenters. The van der Waals surface area contributed by atoms with Crippen LogP contribution in [0.5, 0.6) is 0 Å². The molecule has 1 aliphatic heterocycles. The maximum Gasteiger partial charge on any atom is 0.245 e. The van der Waals surface area contributed by atoms with Crippen molar-refractivity contribution in [2.24, 2.45) is 23.2 Å². The second kappa shape index (κ2) is 8.58. The third-order valence-corrected chi connectivity index (χ3v) is 8.62. The molecule has 6 rings (SSSR count). The van der Waals surface area contributed by atoms with Gasteiger partial charge in [0, 0.05) is 17.3 Å². The molecule has 0 aromatic carbocycles. The first-order chi connectivity index (χ1) is 14.6. The van der Waals surface area contributed by atoms with Crippen LogP contribution in [0.2, 0.25) is 0 Å². The molecule has 0 spiro atoms. The molecule has 164 valence electrons. The minimum atomic E-state index is -0.198. The van der Waals surface area contributed by atoms with Crippen molar-refractivity contribution in [1.29, 1.82) is 0 Å².